The fraction of sp³-hybridized carbons (Fsp3) is 0. The van der Waals surface area contributed by atoms with E-state index < -0.39 is 75.1 Å². The van der Waals surface area contributed by atoms with Gasteiger partial charge in [0.15, 0.2) is 0 Å². The molecule has 0 aliphatic rings. The van der Waals surface area contributed by atoms with Gasteiger partial charge in [0.25, 0.3) is 30.4 Å². The minimum absolute atomic E-state index is 0. The Morgan fingerprint density at radius 2 is 1.19 bits per heavy atom. The van der Waals surface area contributed by atoms with Gasteiger partial charge in [-0.3, -0.25) is 18.2 Å². The molecule has 0 fully saturated rings. The monoisotopic (exact) mass is 758 g/mol. The van der Waals surface area contributed by atoms with Gasteiger partial charge < -0.3 is 21.0 Å². The molecule has 0 atom stereocenters. The largest absolute Gasteiger partial charge is 0.506 e. The van der Waals surface area contributed by atoms with Crippen molar-refractivity contribution in [3.63, 3.8) is 0 Å². The molecule has 0 saturated heterocycles. The van der Waals surface area contributed by atoms with Crippen molar-refractivity contribution in [2.24, 2.45) is 20.5 Å². The zero-order valence-electron chi connectivity index (χ0n) is 24.6. The summed E-state index contributed by atoms with van der Waals surface area (Å²) in [5, 5.41) is 24.2. The first-order chi connectivity index (χ1) is 19.7. The molecule has 0 aliphatic carbocycles. The van der Waals surface area contributed by atoms with Gasteiger partial charge in [0.2, 0.25) is 0 Å². The Kier molecular flexibility index (Phi) is 16.9. The van der Waals surface area contributed by atoms with E-state index in [4.69, 9.17) is 0 Å². The van der Waals surface area contributed by atoms with Gasteiger partial charge >= 0.3 is 7.60 Å². The van der Waals surface area contributed by atoms with Crippen LogP contribution in [0.5, 0.6) is 5.75 Å². The predicted molar refractivity (Wildman–Crippen MR) is 170 cm³/mol. The van der Waals surface area contributed by atoms with Crippen molar-refractivity contribution in [1.82, 2.24) is 6.15 Å². The molecule has 25 heteroatoms. The number of nitrogens with zero attached hydrogens (tertiary/aromatic N) is 4. The van der Waals surface area contributed by atoms with Gasteiger partial charge in [-0.15, -0.1) is 10.2 Å². The molecule has 0 amide bonds. The van der Waals surface area contributed by atoms with E-state index in [1.165, 1.54) is 12.1 Å². The molecule has 4 aromatic rings. The molecular weight excluding hydrogens is 738 g/mol. The molecule has 0 aliphatic heterocycles. The van der Waals surface area contributed by atoms with Gasteiger partial charge in [-0.05, 0) is 60.0 Å². The molecule has 0 unspecified atom stereocenters. The molecule has 0 bridgehead atoms. The van der Waals surface area contributed by atoms with E-state index in [9.17, 15) is 58.4 Å². The van der Waals surface area contributed by atoms with Crippen LogP contribution in [0.2, 0.25) is 0 Å². The van der Waals surface area contributed by atoms with Crippen LogP contribution in [0.25, 0.3) is 10.8 Å². The standard InChI is InChI=1S/C22H17N4O13PS3.H3N.3Na/c27-18-7-4-12-8-16(41(31,32)33)11-20(43(37,38)39)21(12)22(18)26-25-17-6-5-14(10-19(17)42(34,35)36)24-23-13-2-1-3-15(9-13)40(28,29)30;;;;/h1-11,27H,(H2,28,29,30)(H,31,32,33)(H,34,35,36)(H,37,38,39);1H3;;;. The Hall–Kier alpha value is -1.02. The Balaban J connectivity index is 0.00000529. The summed E-state index contributed by atoms with van der Waals surface area (Å²) in [5.41, 5.74) is -1.39. The minimum atomic E-state index is -5.20. The number of azo groups is 2. The van der Waals surface area contributed by atoms with Gasteiger partial charge in [-0.25, -0.2) is 0 Å². The van der Waals surface area contributed by atoms with Crippen LogP contribution in [0.15, 0.2) is 102 Å². The van der Waals surface area contributed by atoms with Crippen LogP contribution in [0.4, 0.5) is 22.7 Å². The molecule has 0 aromatic heterocycles. The van der Waals surface area contributed by atoms with E-state index in [0.717, 1.165) is 48.5 Å². The molecule has 18 nitrogen and oxygen atoms in total. The molecule has 3 radical (unpaired) electrons. The number of aromatic hydroxyl groups is 1. The Bertz CT molecular complexity index is 2250. The zero-order valence-corrected chi connectivity index (χ0v) is 33.9. The number of hydrogen-bond acceptors (Lipinski definition) is 13. The normalized spacial score (nSPS) is 12.2. The van der Waals surface area contributed by atoms with Crippen LogP contribution in [-0.4, -0.2) is 142 Å². The molecule has 9 N–H and O–H groups in total. The smallest absolute Gasteiger partial charge is 0.356 e. The number of phenols is 1. The number of hydrogen-bond donors (Lipinski definition) is 7. The first kappa shape index (κ1) is 46.0. The van der Waals surface area contributed by atoms with Crippen LogP contribution in [0.3, 0.4) is 0 Å². The van der Waals surface area contributed by atoms with Gasteiger partial charge in [-0.2, -0.15) is 35.5 Å². The van der Waals surface area contributed by atoms with Crippen molar-refractivity contribution in [3.8, 4) is 5.75 Å². The summed E-state index contributed by atoms with van der Waals surface area (Å²) in [4.78, 5) is 15.7. The summed E-state index contributed by atoms with van der Waals surface area (Å²) in [7, 11) is -19.8. The summed E-state index contributed by atoms with van der Waals surface area (Å²) >= 11 is 0. The maximum Gasteiger partial charge on any atom is 0.356 e. The van der Waals surface area contributed by atoms with E-state index in [1.54, 1.807) is 0 Å². The molecule has 0 saturated carbocycles. The first-order valence-electron chi connectivity index (χ1n) is 11.1. The molecule has 4 aromatic carbocycles. The quantitative estimate of drug-likeness (QED) is 0.0588. The van der Waals surface area contributed by atoms with Crippen molar-refractivity contribution < 1.29 is 58.4 Å². The SMILES string of the molecule is N.O=P(O)(O)c1cccc(N=Nc2ccc(N=Nc3c(O)ccc4cc(S(=O)(=O)O)cc(S(=O)(=O)O)c34)c(S(=O)(=O)O)c2)c1.[Na].[Na].[Na]. The average Bonchev–Trinajstić information content (AvgIpc) is 2.89. The van der Waals surface area contributed by atoms with Crippen LogP contribution in [-0.2, 0) is 34.9 Å². The predicted octanol–water partition coefficient (Wildman–Crippen LogP) is 2.94. The number of rotatable bonds is 8. The molecule has 47 heavy (non-hydrogen) atoms. The van der Waals surface area contributed by atoms with Crippen LogP contribution < -0.4 is 11.5 Å². The van der Waals surface area contributed by atoms with Crippen molar-refractivity contribution in [2.45, 2.75) is 14.7 Å². The van der Waals surface area contributed by atoms with Crippen LogP contribution >= 0.6 is 7.60 Å². The summed E-state index contributed by atoms with van der Waals surface area (Å²) in [6, 6.07) is 11.1. The molecular formula is C22H20N5Na3O13PS3. The van der Waals surface area contributed by atoms with Crippen molar-refractivity contribution in [2.75, 3.05) is 0 Å². The number of benzene rings is 4. The molecule has 0 spiro atoms. The topological polar surface area (TPSA) is 325 Å². The second-order valence-corrected chi connectivity index (χ2v) is 14.3. The first-order valence-corrected chi connectivity index (χ1v) is 17.0. The van der Waals surface area contributed by atoms with Crippen molar-refractivity contribution >= 4 is 165 Å². The molecule has 0 heterocycles. The maximum atomic E-state index is 12.1. The van der Waals surface area contributed by atoms with Crippen LogP contribution in [0.1, 0.15) is 0 Å². The Morgan fingerprint density at radius 3 is 1.72 bits per heavy atom. The third kappa shape index (κ3) is 11.5. The zero-order chi connectivity index (χ0) is 32.0. The molecule has 237 valence electrons. The fourth-order valence-corrected chi connectivity index (χ4v) is 6.22. The Labute approximate surface area is 333 Å². The Morgan fingerprint density at radius 1 is 0.617 bits per heavy atom. The average molecular weight is 759 g/mol. The van der Waals surface area contributed by atoms with Gasteiger partial charge in [0, 0.05) is 94.1 Å². The third-order valence-electron chi connectivity index (χ3n) is 5.51. The summed E-state index contributed by atoms with van der Waals surface area (Å²) < 4.78 is 112. The van der Waals surface area contributed by atoms with Crippen molar-refractivity contribution in [1.29, 1.82) is 0 Å². The van der Waals surface area contributed by atoms with E-state index >= 15 is 0 Å². The van der Waals surface area contributed by atoms with E-state index in [-0.39, 0.29) is 117 Å². The summed E-state index contributed by atoms with van der Waals surface area (Å²) in [6.07, 6.45) is 0. The van der Waals surface area contributed by atoms with E-state index in [2.05, 4.69) is 20.5 Å². The van der Waals surface area contributed by atoms with Gasteiger partial charge in [0.1, 0.15) is 26.9 Å². The summed E-state index contributed by atoms with van der Waals surface area (Å²) in [5.74, 6) is -0.739. The van der Waals surface area contributed by atoms with Gasteiger partial charge in [-0.1, -0.05) is 12.1 Å². The minimum Gasteiger partial charge on any atom is -0.506 e. The van der Waals surface area contributed by atoms with E-state index in [0.29, 0.717) is 6.07 Å². The molecule has 4 rings (SSSR count). The second-order valence-electron chi connectivity index (χ2n) is 8.49. The number of phenolic OH excluding ortho intramolecular Hbond substituents is 1. The van der Waals surface area contributed by atoms with E-state index in [1.807, 2.05) is 0 Å². The fourth-order valence-electron chi connectivity index (χ4n) is 3.63. The third-order valence-corrected chi connectivity index (χ3v) is 9.05. The summed E-state index contributed by atoms with van der Waals surface area (Å²) in [6.45, 7) is 0. The van der Waals surface area contributed by atoms with Crippen LogP contribution in [0, 0.1) is 0 Å². The number of fused-ring (bicyclic) bond motifs is 1. The maximum absolute atomic E-state index is 12.1. The van der Waals surface area contributed by atoms with Gasteiger partial charge in [0.05, 0.1) is 21.6 Å². The van der Waals surface area contributed by atoms with Crippen molar-refractivity contribution in [3.05, 3.63) is 66.7 Å². The second kappa shape index (κ2) is 17.3.